The maximum Gasteiger partial charge on any atom is 0.160 e. The third-order valence-electron chi connectivity index (χ3n) is 10.7. The van der Waals surface area contributed by atoms with Crippen molar-refractivity contribution in [2.75, 3.05) is 0 Å². The number of para-hydroxylation sites is 2. The zero-order chi connectivity index (χ0) is 37.0. The van der Waals surface area contributed by atoms with Crippen molar-refractivity contribution in [1.29, 1.82) is 0 Å². The number of benzene rings is 7. The molecule has 0 radical (unpaired) electrons. The maximum atomic E-state index is 6.71. The van der Waals surface area contributed by atoms with Gasteiger partial charge in [-0.25, -0.2) is 9.97 Å². The standard InChI is InChI=1S/C51H31N3O2/c1-2-9-35(10-3-1)43-31-44(36-21-17-32(18-22-36)33-27-29-52-30-28-33)54-51(53-43)37-23-19-34(20-24-37)38-25-26-40(49-42-12-5-7-15-46(42)56-50(38)49)39-13-8-16-47-48(39)41-11-4-6-14-45(41)55-47/h1-31H. The minimum Gasteiger partial charge on any atom is -0.456 e. The molecule has 0 N–H and O–H groups in total. The molecule has 0 atom stereocenters. The molecule has 0 aliphatic rings. The Labute approximate surface area is 322 Å². The fourth-order valence-electron chi connectivity index (χ4n) is 7.94. The van der Waals surface area contributed by atoms with Crippen molar-refractivity contribution in [2.45, 2.75) is 0 Å². The van der Waals surface area contributed by atoms with E-state index in [-0.39, 0.29) is 0 Å². The molecular formula is C51H31N3O2. The average molecular weight is 718 g/mol. The van der Waals surface area contributed by atoms with Gasteiger partial charge in [-0.15, -0.1) is 0 Å². The smallest absolute Gasteiger partial charge is 0.160 e. The summed E-state index contributed by atoms with van der Waals surface area (Å²) in [4.78, 5) is 14.4. The first-order chi connectivity index (χ1) is 27.7. The van der Waals surface area contributed by atoms with Gasteiger partial charge in [-0.3, -0.25) is 4.98 Å². The summed E-state index contributed by atoms with van der Waals surface area (Å²) in [6, 6.07) is 60.6. The van der Waals surface area contributed by atoms with E-state index in [1.807, 2.05) is 73.1 Å². The first-order valence-electron chi connectivity index (χ1n) is 18.7. The van der Waals surface area contributed by atoms with Crippen molar-refractivity contribution >= 4 is 43.9 Å². The molecule has 0 unspecified atom stereocenters. The van der Waals surface area contributed by atoms with E-state index < -0.39 is 0 Å². The molecule has 0 amide bonds. The van der Waals surface area contributed by atoms with Crippen molar-refractivity contribution < 1.29 is 8.83 Å². The number of aromatic nitrogens is 3. The van der Waals surface area contributed by atoms with Crippen LogP contribution in [0.3, 0.4) is 0 Å². The van der Waals surface area contributed by atoms with Gasteiger partial charge in [0.15, 0.2) is 5.82 Å². The quantitative estimate of drug-likeness (QED) is 0.171. The van der Waals surface area contributed by atoms with Gasteiger partial charge in [-0.1, -0.05) is 133 Å². The molecule has 0 saturated carbocycles. The van der Waals surface area contributed by atoms with E-state index in [0.29, 0.717) is 5.82 Å². The zero-order valence-electron chi connectivity index (χ0n) is 30.1. The van der Waals surface area contributed by atoms with Gasteiger partial charge in [0.05, 0.1) is 11.4 Å². The molecule has 4 heterocycles. The van der Waals surface area contributed by atoms with Crippen molar-refractivity contribution in [2.24, 2.45) is 0 Å². The summed E-state index contributed by atoms with van der Waals surface area (Å²) in [5, 5.41) is 4.36. The van der Waals surface area contributed by atoms with Gasteiger partial charge in [0.25, 0.3) is 0 Å². The van der Waals surface area contributed by atoms with Gasteiger partial charge < -0.3 is 8.83 Å². The van der Waals surface area contributed by atoms with E-state index in [2.05, 4.69) is 120 Å². The lowest BCUT2D eigenvalue weighted by atomic mass is 9.92. The Morgan fingerprint density at radius 3 is 1.62 bits per heavy atom. The second-order valence-corrected chi connectivity index (χ2v) is 14.0. The average Bonchev–Trinajstić information content (AvgIpc) is 3.86. The van der Waals surface area contributed by atoms with Crippen molar-refractivity contribution in [3.8, 4) is 67.3 Å². The molecule has 5 nitrogen and oxygen atoms in total. The van der Waals surface area contributed by atoms with Crippen molar-refractivity contribution in [1.82, 2.24) is 15.0 Å². The molecule has 4 aromatic heterocycles. The lowest BCUT2D eigenvalue weighted by molar-refractivity contribution is 0.668. The zero-order valence-corrected chi connectivity index (χ0v) is 30.1. The third-order valence-corrected chi connectivity index (χ3v) is 10.7. The van der Waals surface area contributed by atoms with Gasteiger partial charge >= 0.3 is 0 Å². The predicted octanol–water partition coefficient (Wildman–Crippen LogP) is 13.7. The van der Waals surface area contributed by atoms with Crippen LogP contribution >= 0.6 is 0 Å². The molecule has 0 aliphatic heterocycles. The normalized spacial score (nSPS) is 11.6. The predicted molar refractivity (Wildman–Crippen MR) is 227 cm³/mol. The Balaban J connectivity index is 1.02. The minimum atomic E-state index is 0.663. The second-order valence-electron chi connectivity index (χ2n) is 14.0. The summed E-state index contributed by atoms with van der Waals surface area (Å²) >= 11 is 0. The maximum absolute atomic E-state index is 6.71. The number of fused-ring (bicyclic) bond motifs is 6. The highest BCUT2D eigenvalue weighted by atomic mass is 16.3. The monoisotopic (exact) mass is 717 g/mol. The van der Waals surface area contributed by atoms with Crippen LogP contribution in [0.2, 0.25) is 0 Å². The summed E-state index contributed by atoms with van der Waals surface area (Å²) < 4.78 is 13.0. The molecule has 262 valence electrons. The summed E-state index contributed by atoms with van der Waals surface area (Å²) in [6.07, 6.45) is 3.63. The van der Waals surface area contributed by atoms with E-state index >= 15 is 0 Å². The Bertz CT molecular complexity index is 3220. The van der Waals surface area contributed by atoms with E-state index in [1.165, 1.54) is 0 Å². The Morgan fingerprint density at radius 1 is 0.339 bits per heavy atom. The molecular weight excluding hydrogens is 687 g/mol. The van der Waals surface area contributed by atoms with Crippen molar-refractivity contribution in [3.63, 3.8) is 0 Å². The number of rotatable bonds is 6. The topological polar surface area (TPSA) is 65.0 Å². The molecule has 0 aliphatic carbocycles. The summed E-state index contributed by atoms with van der Waals surface area (Å²) in [6.45, 7) is 0. The second kappa shape index (κ2) is 13.0. The molecule has 0 spiro atoms. The van der Waals surface area contributed by atoms with Crippen LogP contribution in [-0.4, -0.2) is 15.0 Å². The highest BCUT2D eigenvalue weighted by Gasteiger charge is 2.20. The van der Waals surface area contributed by atoms with Crippen LogP contribution < -0.4 is 0 Å². The van der Waals surface area contributed by atoms with Crippen LogP contribution in [0, 0.1) is 0 Å². The lowest BCUT2D eigenvalue weighted by Gasteiger charge is -2.12. The van der Waals surface area contributed by atoms with Crippen molar-refractivity contribution in [3.05, 3.63) is 188 Å². The summed E-state index contributed by atoms with van der Waals surface area (Å²) in [5.41, 5.74) is 14.7. The molecule has 56 heavy (non-hydrogen) atoms. The van der Waals surface area contributed by atoms with Gasteiger partial charge in [0, 0.05) is 56.2 Å². The molecule has 7 aromatic carbocycles. The molecule has 11 aromatic rings. The highest BCUT2D eigenvalue weighted by Crippen LogP contribution is 2.45. The van der Waals surface area contributed by atoms with E-state index in [4.69, 9.17) is 18.8 Å². The SMILES string of the molecule is c1ccc(-c2cc(-c3ccc(-c4ccncc4)cc3)nc(-c3ccc(-c4ccc(-c5cccc6oc7ccccc7c56)c5c4oc4ccccc45)cc3)n2)cc1. The van der Waals surface area contributed by atoms with Gasteiger partial charge in [-0.05, 0) is 70.3 Å². The molecule has 0 bridgehead atoms. The van der Waals surface area contributed by atoms with Gasteiger partial charge in [-0.2, -0.15) is 0 Å². The number of hydrogen-bond acceptors (Lipinski definition) is 5. The first-order valence-corrected chi connectivity index (χ1v) is 18.7. The number of pyridine rings is 1. The third kappa shape index (κ3) is 5.37. The van der Waals surface area contributed by atoms with Crippen LogP contribution in [0.4, 0.5) is 0 Å². The van der Waals surface area contributed by atoms with Gasteiger partial charge in [0.2, 0.25) is 0 Å². The van der Waals surface area contributed by atoms with Gasteiger partial charge in [0.1, 0.15) is 22.3 Å². The Morgan fingerprint density at radius 2 is 0.875 bits per heavy atom. The number of nitrogens with zero attached hydrogens (tertiary/aromatic N) is 3. The number of furan rings is 2. The van der Waals surface area contributed by atoms with E-state index in [0.717, 1.165) is 105 Å². The lowest BCUT2D eigenvalue weighted by Crippen LogP contribution is -1.96. The first kappa shape index (κ1) is 31.9. The van der Waals surface area contributed by atoms with E-state index in [9.17, 15) is 0 Å². The molecule has 5 heteroatoms. The molecule has 0 saturated heterocycles. The van der Waals surface area contributed by atoms with Crippen LogP contribution in [0.1, 0.15) is 0 Å². The molecule has 0 fully saturated rings. The fraction of sp³-hybridized carbons (Fsp3) is 0. The Hall–Kier alpha value is -7.63. The fourth-order valence-corrected chi connectivity index (χ4v) is 7.94. The van der Waals surface area contributed by atoms with Crippen LogP contribution in [0.15, 0.2) is 197 Å². The summed E-state index contributed by atoms with van der Waals surface area (Å²) in [5.74, 6) is 0.663. The van der Waals surface area contributed by atoms with Crippen LogP contribution in [0.5, 0.6) is 0 Å². The van der Waals surface area contributed by atoms with Crippen LogP contribution in [-0.2, 0) is 0 Å². The van der Waals surface area contributed by atoms with E-state index in [1.54, 1.807) is 0 Å². The Kier molecular flexibility index (Phi) is 7.42. The number of hydrogen-bond donors (Lipinski definition) is 0. The largest absolute Gasteiger partial charge is 0.456 e. The molecule has 11 rings (SSSR count). The highest BCUT2D eigenvalue weighted by molar-refractivity contribution is 6.21. The van der Waals surface area contributed by atoms with Crippen LogP contribution in [0.25, 0.3) is 111 Å². The summed E-state index contributed by atoms with van der Waals surface area (Å²) in [7, 11) is 0. The minimum absolute atomic E-state index is 0.663.